The average Bonchev–Trinajstić information content (AvgIpc) is 2.30. The van der Waals surface area contributed by atoms with E-state index in [0.29, 0.717) is 0 Å². The molecule has 3 heteroatoms. The molecule has 82 valence electrons. The summed E-state index contributed by atoms with van der Waals surface area (Å²) in [7, 11) is 5.94. The summed E-state index contributed by atoms with van der Waals surface area (Å²) in [5.41, 5.74) is 2.52. The van der Waals surface area contributed by atoms with Crippen LogP contribution in [0.25, 0.3) is 0 Å². The number of rotatable bonds is 2. The van der Waals surface area contributed by atoms with Crippen LogP contribution in [0, 0.1) is 7.05 Å². The summed E-state index contributed by atoms with van der Waals surface area (Å²) < 4.78 is 0. The Morgan fingerprint density at radius 3 is 2.20 bits per heavy atom. The second kappa shape index (κ2) is 4.64. The highest BCUT2D eigenvalue weighted by Crippen LogP contribution is 2.17. The first kappa shape index (κ1) is 10.5. The van der Waals surface area contributed by atoms with Crippen LogP contribution in [0.1, 0.15) is 0 Å². The Labute approximate surface area is 91.7 Å². The van der Waals surface area contributed by atoms with Crippen molar-refractivity contribution in [3.63, 3.8) is 0 Å². The van der Waals surface area contributed by atoms with Gasteiger partial charge in [-0.3, -0.25) is 0 Å². The number of benzene rings is 1. The summed E-state index contributed by atoms with van der Waals surface area (Å²) >= 11 is 0. The summed E-state index contributed by atoms with van der Waals surface area (Å²) in [6.45, 7) is 4.57. The Bertz CT molecular complexity index is 299. The number of piperazine rings is 1. The Balaban J connectivity index is 2.03. The van der Waals surface area contributed by atoms with Crippen molar-refractivity contribution in [2.24, 2.45) is 0 Å². The Morgan fingerprint density at radius 2 is 1.67 bits per heavy atom. The van der Waals surface area contributed by atoms with Crippen molar-refractivity contribution in [3.05, 3.63) is 31.3 Å². The van der Waals surface area contributed by atoms with Crippen LogP contribution in [-0.4, -0.2) is 38.1 Å². The second-order valence-corrected chi connectivity index (χ2v) is 4.09. The van der Waals surface area contributed by atoms with Crippen molar-refractivity contribution in [1.82, 2.24) is 4.90 Å². The van der Waals surface area contributed by atoms with Gasteiger partial charge in [-0.1, -0.05) is 0 Å². The van der Waals surface area contributed by atoms with E-state index in [1.165, 1.54) is 11.4 Å². The molecule has 0 radical (unpaired) electrons. The fourth-order valence-electron chi connectivity index (χ4n) is 1.89. The summed E-state index contributed by atoms with van der Waals surface area (Å²) in [5, 5.41) is 1.88. The van der Waals surface area contributed by atoms with Gasteiger partial charge in [0.2, 0.25) is 0 Å². The van der Waals surface area contributed by atoms with Gasteiger partial charge in [0.05, 0.1) is 0 Å². The molecule has 1 aromatic rings. The van der Waals surface area contributed by atoms with Crippen molar-refractivity contribution >= 4 is 11.4 Å². The third-order valence-electron chi connectivity index (χ3n) is 3.00. The van der Waals surface area contributed by atoms with Gasteiger partial charge < -0.3 is 15.1 Å². The lowest BCUT2D eigenvalue weighted by Crippen LogP contribution is -2.69. The predicted molar refractivity (Wildman–Crippen MR) is 63.1 cm³/mol. The molecule has 0 unspecified atom stereocenters. The van der Waals surface area contributed by atoms with Crippen molar-refractivity contribution in [1.29, 1.82) is 0 Å². The highest BCUT2D eigenvalue weighted by molar-refractivity contribution is 5.50. The number of hydrogen-bond acceptors (Lipinski definition) is 2. The molecular formula is C12H19N3. The normalized spacial score (nSPS) is 18.1. The molecule has 2 rings (SSSR count). The average molecular weight is 205 g/mol. The van der Waals surface area contributed by atoms with Gasteiger partial charge >= 0.3 is 0 Å². The zero-order valence-corrected chi connectivity index (χ0v) is 9.32. The smallest absolute Gasteiger partial charge is 0.103 e. The van der Waals surface area contributed by atoms with E-state index in [1.807, 2.05) is 5.32 Å². The topological polar surface area (TPSA) is 23.1 Å². The van der Waals surface area contributed by atoms with Crippen LogP contribution in [0.15, 0.2) is 24.3 Å². The molecule has 0 aliphatic carbocycles. The minimum absolute atomic E-state index is 1.13. The van der Waals surface area contributed by atoms with Crippen LogP contribution in [0.2, 0.25) is 0 Å². The Kier molecular flexibility index (Phi) is 3.23. The van der Waals surface area contributed by atoms with Gasteiger partial charge in [0.15, 0.2) is 0 Å². The van der Waals surface area contributed by atoms with Crippen molar-refractivity contribution in [2.45, 2.75) is 0 Å². The lowest BCUT2D eigenvalue weighted by atomic mass is 10.2. The Morgan fingerprint density at radius 1 is 1.07 bits per heavy atom. The summed E-state index contributed by atoms with van der Waals surface area (Å²) in [5.74, 6) is 0. The van der Waals surface area contributed by atoms with Crippen LogP contribution in [0.5, 0.6) is 0 Å². The van der Waals surface area contributed by atoms with Gasteiger partial charge in [0.1, 0.15) is 5.69 Å². The molecule has 1 aromatic carbocycles. The molecule has 1 aliphatic heterocycles. The highest BCUT2D eigenvalue weighted by atomic mass is 15.2. The lowest BCUT2D eigenvalue weighted by molar-refractivity contribution is -0.504. The minimum Gasteiger partial charge on any atom is -0.446 e. The van der Waals surface area contributed by atoms with E-state index >= 15 is 0 Å². The second-order valence-electron chi connectivity index (χ2n) is 4.09. The first-order chi connectivity index (χ1) is 7.29. The predicted octanol–water partition coefficient (Wildman–Crippen LogP) is 0.425. The van der Waals surface area contributed by atoms with E-state index in [1.54, 1.807) is 0 Å². The fourth-order valence-corrected chi connectivity index (χ4v) is 1.89. The van der Waals surface area contributed by atoms with E-state index in [4.69, 9.17) is 0 Å². The number of nitrogens with two attached hydrogens (primary N) is 1. The van der Waals surface area contributed by atoms with Crippen LogP contribution in [-0.2, 0) is 0 Å². The molecule has 15 heavy (non-hydrogen) atoms. The van der Waals surface area contributed by atoms with Gasteiger partial charge in [0.25, 0.3) is 0 Å². The maximum Gasteiger partial charge on any atom is 0.103 e. The fraction of sp³-hybridized carbons (Fsp3) is 0.417. The molecule has 0 atom stereocenters. The maximum absolute atomic E-state index is 3.76. The SMILES string of the molecule is [CH2-][NH2+]c1ccc(N2CCN(C)CC2)cc1. The zero-order chi connectivity index (χ0) is 10.7. The van der Waals surface area contributed by atoms with Gasteiger partial charge in [0, 0.05) is 31.9 Å². The van der Waals surface area contributed by atoms with Gasteiger partial charge in [-0.25, -0.2) is 0 Å². The molecule has 2 N–H and O–H groups in total. The lowest BCUT2D eigenvalue weighted by Gasteiger charge is -2.34. The van der Waals surface area contributed by atoms with Crippen LogP contribution < -0.4 is 10.2 Å². The first-order valence-corrected chi connectivity index (χ1v) is 5.45. The first-order valence-electron chi connectivity index (χ1n) is 5.45. The van der Waals surface area contributed by atoms with E-state index in [9.17, 15) is 0 Å². The largest absolute Gasteiger partial charge is 0.446 e. The quantitative estimate of drug-likeness (QED) is 0.559. The van der Waals surface area contributed by atoms with Crippen LogP contribution in [0.4, 0.5) is 11.4 Å². The standard InChI is InChI=1S/C12H19N3/c1-13-11-3-5-12(6-4-11)15-9-7-14(2)8-10-15/h3-6H,1,7-10,13H2,2H3. The van der Waals surface area contributed by atoms with Gasteiger partial charge in [-0.2, -0.15) is 0 Å². The minimum atomic E-state index is 1.13. The number of nitrogens with zero attached hydrogens (tertiary/aromatic N) is 2. The summed E-state index contributed by atoms with van der Waals surface area (Å²) in [6, 6.07) is 8.62. The molecule has 0 spiro atoms. The monoisotopic (exact) mass is 205 g/mol. The zero-order valence-electron chi connectivity index (χ0n) is 9.32. The number of anilines is 1. The van der Waals surface area contributed by atoms with Crippen molar-refractivity contribution in [3.8, 4) is 0 Å². The van der Waals surface area contributed by atoms with E-state index < -0.39 is 0 Å². The molecule has 1 heterocycles. The molecule has 0 bridgehead atoms. The number of quaternary nitrogens is 1. The van der Waals surface area contributed by atoms with Crippen molar-refractivity contribution in [2.75, 3.05) is 38.1 Å². The summed E-state index contributed by atoms with van der Waals surface area (Å²) in [4.78, 5) is 4.81. The highest BCUT2D eigenvalue weighted by Gasteiger charge is 2.13. The molecule has 3 nitrogen and oxygen atoms in total. The molecule has 1 aliphatic rings. The Hall–Kier alpha value is -1.06. The summed E-state index contributed by atoms with van der Waals surface area (Å²) in [6.07, 6.45) is 0. The van der Waals surface area contributed by atoms with E-state index in [-0.39, 0.29) is 0 Å². The third kappa shape index (κ3) is 2.49. The molecule has 0 aromatic heterocycles. The molecule has 1 saturated heterocycles. The molecule has 0 amide bonds. The van der Waals surface area contributed by atoms with Gasteiger partial charge in [-0.15, -0.1) is 7.05 Å². The van der Waals surface area contributed by atoms with Crippen molar-refractivity contribution < 1.29 is 5.32 Å². The molecule has 0 saturated carbocycles. The van der Waals surface area contributed by atoms with Crippen LogP contribution >= 0.6 is 0 Å². The molecular weight excluding hydrogens is 186 g/mol. The third-order valence-corrected chi connectivity index (χ3v) is 3.00. The maximum atomic E-state index is 3.76. The van der Waals surface area contributed by atoms with E-state index in [0.717, 1.165) is 26.2 Å². The number of hydrogen-bond donors (Lipinski definition) is 1. The number of likely N-dealkylation sites (N-methyl/N-ethyl adjacent to an activating group) is 1. The van der Waals surface area contributed by atoms with Crippen LogP contribution in [0.3, 0.4) is 0 Å². The molecule has 1 fully saturated rings. The van der Waals surface area contributed by atoms with Gasteiger partial charge in [-0.05, 0) is 31.3 Å². The van der Waals surface area contributed by atoms with E-state index in [2.05, 4.69) is 48.2 Å².